The smallest absolute Gasteiger partial charge is 0.266 e. The van der Waals surface area contributed by atoms with Crippen molar-refractivity contribution in [3.8, 4) is 5.75 Å². The highest BCUT2D eigenvalue weighted by Crippen LogP contribution is 2.48. The summed E-state index contributed by atoms with van der Waals surface area (Å²) in [7, 11) is 1.60. The van der Waals surface area contributed by atoms with Crippen LogP contribution in [0.15, 0.2) is 87.5 Å². The summed E-state index contributed by atoms with van der Waals surface area (Å²) < 4.78 is 5.84. The van der Waals surface area contributed by atoms with E-state index in [1.54, 1.807) is 29.8 Å². The van der Waals surface area contributed by atoms with E-state index >= 15 is 0 Å². The standard InChI is InChI=1S/C26H20N2O3S3/c1-31-20-11-5-2-8-17(20)16-23-25(30)27(26(32)34-23)15-14-24(29)28-18-9-3-6-12-21(18)33-22-13-7-4-10-19(22)28/h2-13,16H,14-15H2,1H3/b23-16-. The van der Waals surface area contributed by atoms with E-state index in [1.165, 1.54) is 16.7 Å². The lowest BCUT2D eigenvalue weighted by Gasteiger charge is -2.31. The summed E-state index contributed by atoms with van der Waals surface area (Å²) in [4.78, 5) is 32.4. The first kappa shape index (κ1) is 22.7. The minimum Gasteiger partial charge on any atom is -0.496 e. The Morgan fingerprint density at radius 2 is 1.56 bits per heavy atom. The van der Waals surface area contributed by atoms with Crippen molar-refractivity contribution in [3.05, 3.63) is 83.3 Å². The number of benzene rings is 3. The number of carbonyl (C=O) groups excluding carboxylic acids is 2. The monoisotopic (exact) mass is 504 g/mol. The van der Waals surface area contributed by atoms with E-state index in [0.29, 0.717) is 15.0 Å². The number of methoxy groups -OCH3 is 1. The summed E-state index contributed by atoms with van der Waals surface area (Å²) in [6.07, 6.45) is 1.94. The van der Waals surface area contributed by atoms with E-state index in [2.05, 4.69) is 0 Å². The van der Waals surface area contributed by atoms with Crippen LogP contribution < -0.4 is 9.64 Å². The maximum absolute atomic E-state index is 13.4. The Bertz CT molecular complexity index is 1290. The van der Waals surface area contributed by atoms with E-state index in [0.717, 1.165) is 26.7 Å². The fourth-order valence-corrected chi connectivity index (χ4v) is 6.27. The van der Waals surface area contributed by atoms with Gasteiger partial charge in [-0.15, -0.1) is 0 Å². The molecule has 5 rings (SSSR count). The normalized spacial score (nSPS) is 16.0. The van der Waals surface area contributed by atoms with Gasteiger partial charge in [0.05, 0.1) is 23.4 Å². The second-order valence-electron chi connectivity index (χ2n) is 7.59. The van der Waals surface area contributed by atoms with E-state index in [9.17, 15) is 9.59 Å². The van der Waals surface area contributed by atoms with Crippen LogP contribution in [0.1, 0.15) is 12.0 Å². The van der Waals surface area contributed by atoms with Crippen molar-refractivity contribution >= 4 is 69.3 Å². The number of amides is 2. The zero-order valence-electron chi connectivity index (χ0n) is 18.3. The van der Waals surface area contributed by atoms with Gasteiger partial charge in [0.1, 0.15) is 10.1 Å². The van der Waals surface area contributed by atoms with E-state index in [-0.39, 0.29) is 24.8 Å². The lowest BCUT2D eigenvalue weighted by molar-refractivity contribution is -0.123. The third-order valence-corrected chi connectivity index (χ3v) is 8.04. The number of thioether (sulfide) groups is 1. The summed E-state index contributed by atoms with van der Waals surface area (Å²) in [6.45, 7) is 0.223. The van der Waals surface area contributed by atoms with Gasteiger partial charge in [0, 0.05) is 28.3 Å². The van der Waals surface area contributed by atoms with Crippen molar-refractivity contribution < 1.29 is 14.3 Å². The highest BCUT2D eigenvalue weighted by molar-refractivity contribution is 8.26. The highest BCUT2D eigenvalue weighted by atomic mass is 32.2. The van der Waals surface area contributed by atoms with E-state index < -0.39 is 0 Å². The second-order valence-corrected chi connectivity index (χ2v) is 10.4. The summed E-state index contributed by atoms with van der Waals surface area (Å²) in [6, 6.07) is 23.2. The molecule has 0 unspecified atom stereocenters. The SMILES string of the molecule is COc1ccccc1/C=C1\SC(=S)N(CCC(=O)N2c3ccccc3Sc3ccccc32)C1=O. The molecule has 0 radical (unpaired) electrons. The van der Waals surface area contributed by atoms with Gasteiger partial charge in [-0.05, 0) is 36.4 Å². The number of rotatable bonds is 5. The highest BCUT2D eigenvalue weighted by Gasteiger charge is 2.34. The molecular formula is C26H20N2O3S3. The number of para-hydroxylation sites is 3. The summed E-state index contributed by atoms with van der Waals surface area (Å²) >= 11 is 8.37. The third-order valence-electron chi connectivity index (χ3n) is 5.53. The van der Waals surface area contributed by atoms with Gasteiger partial charge in [0.15, 0.2) is 0 Å². The molecule has 3 aromatic carbocycles. The predicted molar refractivity (Wildman–Crippen MR) is 142 cm³/mol. The first-order chi connectivity index (χ1) is 16.6. The summed E-state index contributed by atoms with van der Waals surface area (Å²) in [5.74, 6) is 0.412. The van der Waals surface area contributed by atoms with Gasteiger partial charge in [0.2, 0.25) is 5.91 Å². The van der Waals surface area contributed by atoms with Gasteiger partial charge >= 0.3 is 0 Å². The van der Waals surface area contributed by atoms with Crippen LogP contribution in [-0.4, -0.2) is 34.7 Å². The predicted octanol–water partition coefficient (Wildman–Crippen LogP) is 6.12. The van der Waals surface area contributed by atoms with Crippen molar-refractivity contribution in [2.24, 2.45) is 0 Å². The molecule has 3 aromatic rings. The molecule has 5 nitrogen and oxygen atoms in total. The van der Waals surface area contributed by atoms with Crippen LogP contribution in [0.25, 0.3) is 6.08 Å². The Balaban J connectivity index is 1.35. The molecule has 2 aliphatic rings. The maximum Gasteiger partial charge on any atom is 0.266 e. The first-order valence-corrected chi connectivity index (χ1v) is 12.7. The fourth-order valence-electron chi connectivity index (χ4n) is 3.91. The van der Waals surface area contributed by atoms with Crippen LogP contribution in [0.4, 0.5) is 11.4 Å². The first-order valence-electron chi connectivity index (χ1n) is 10.6. The van der Waals surface area contributed by atoms with Gasteiger partial charge in [-0.2, -0.15) is 0 Å². The van der Waals surface area contributed by atoms with Crippen LogP contribution in [0.2, 0.25) is 0 Å². The average Bonchev–Trinajstić information content (AvgIpc) is 3.13. The van der Waals surface area contributed by atoms with Gasteiger partial charge < -0.3 is 4.74 Å². The quantitative estimate of drug-likeness (QED) is 0.308. The molecule has 34 heavy (non-hydrogen) atoms. The van der Waals surface area contributed by atoms with Gasteiger partial charge in [-0.1, -0.05) is 78.2 Å². The van der Waals surface area contributed by atoms with Gasteiger partial charge in [-0.25, -0.2) is 0 Å². The molecule has 0 aromatic heterocycles. The van der Waals surface area contributed by atoms with Crippen LogP contribution in [0, 0.1) is 0 Å². The number of nitrogens with zero attached hydrogens (tertiary/aromatic N) is 2. The molecule has 0 bridgehead atoms. The molecule has 2 aliphatic heterocycles. The van der Waals surface area contributed by atoms with E-state index in [4.69, 9.17) is 17.0 Å². The molecule has 0 saturated carbocycles. The lowest BCUT2D eigenvalue weighted by atomic mass is 10.2. The lowest BCUT2D eigenvalue weighted by Crippen LogP contribution is -2.35. The molecule has 2 amide bonds. The van der Waals surface area contributed by atoms with Crippen molar-refractivity contribution in [3.63, 3.8) is 0 Å². The zero-order chi connectivity index (χ0) is 23.7. The van der Waals surface area contributed by atoms with Crippen LogP contribution in [0.5, 0.6) is 5.75 Å². The minimum absolute atomic E-state index is 0.0806. The summed E-state index contributed by atoms with van der Waals surface area (Å²) in [5, 5.41) is 0. The molecular weight excluding hydrogens is 484 g/mol. The van der Waals surface area contributed by atoms with Crippen LogP contribution >= 0.6 is 35.7 Å². The van der Waals surface area contributed by atoms with Crippen LogP contribution in [0.3, 0.4) is 0 Å². The number of hydrogen-bond acceptors (Lipinski definition) is 6. The number of carbonyl (C=O) groups is 2. The second kappa shape index (κ2) is 9.66. The number of fused-ring (bicyclic) bond motifs is 2. The Labute approximate surface area is 211 Å². The number of ether oxygens (including phenoxy) is 1. The number of thiocarbonyl (C=S) groups is 1. The van der Waals surface area contributed by atoms with E-state index in [1.807, 2.05) is 72.8 Å². The topological polar surface area (TPSA) is 49.9 Å². The van der Waals surface area contributed by atoms with Crippen molar-refractivity contribution in [2.75, 3.05) is 18.6 Å². The molecule has 0 atom stereocenters. The number of anilines is 2. The molecule has 0 N–H and O–H groups in total. The van der Waals surface area contributed by atoms with Gasteiger partial charge in [0.25, 0.3) is 5.91 Å². The van der Waals surface area contributed by atoms with Crippen molar-refractivity contribution in [2.45, 2.75) is 16.2 Å². The molecule has 1 saturated heterocycles. The average molecular weight is 505 g/mol. The largest absolute Gasteiger partial charge is 0.496 e. The minimum atomic E-state index is -0.191. The molecule has 0 spiro atoms. The van der Waals surface area contributed by atoms with Crippen molar-refractivity contribution in [1.29, 1.82) is 0 Å². The maximum atomic E-state index is 13.4. The summed E-state index contributed by atoms with van der Waals surface area (Å²) in [5.41, 5.74) is 2.52. The van der Waals surface area contributed by atoms with Crippen LogP contribution in [-0.2, 0) is 9.59 Å². The fraction of sp³-hybridized carbons (Fsp3) is 0.115. The van der Waals surface area contributed by atoms with Crippen molar-refractivity contribution in [1.82, 2.24) is 4.90 Å². The molecule has 0 aliphatic carbocycles. The number of hydrogen-bond donors (Lipinski definition) is 0. The Morgan fingerprint density at radius 3 is 2.24 bits per heavy atom. The third kappa shape index (κ3) is 4.24. The molecule has 1 fully saturated rings. The molecule has 2 heterocycles. The van der Waals surface area contributed by atoms with Gasteiger partial charge in [-0.3, -0.25) is 19.4 Å². The zero-order valence-corrected chi connectivity index (χ0v) is 20.7. The Hall–Kier alpha value is -3.07. The molecule has 170 valence electrons. The Kier molecular flexibility index (Phi) is 6.45. The molecule has 8 heteroatoms. The Morgan fingerprint density at radius 1 is 0.941 bits per heavy atom.